The summed E-state index contributed by atoms with van der Waals surface area (Å²) in [7, 11) is 2.01. The molecular formula is C24H25F3N8O. The van der Waals surface area contributed by atoms with E-state index in [0.29, 0.717) is 47.0 Å². The number of anilines is 1. The molecule has 1 aromatic carbocycles. The van der Waals surface area contributed by atoms with Crippen LogP contribution in [-0.4, -0.2) is 73.5 Å². The number of alkyl halides is 2. The predicted molar refractivity (Wildman–Crippen MR) is 128 cm³/mol. The van der Waals surface area contributed by atoms with E-state index in [1.165, 1.54) is 23.0 Å². The van der Waals surface area contributed by atoms with Gasteiger partial charge in [-0.05, 0) is 27.0 Å². The van der Waals surface area contributed by atoms with Gasteiger partial charge in [-0.15, -0.1) is 0 Å². The Morgan fingerprint density at radius 1 is 1.08 bits per heavy atom. The zero-order chi connectivity index (χ0) is 25.6. The number of aromatic nitrogens is 5. The molecule has 0 spiro atoms. The molecule has 36 heavy (non-hydrogen) atoms. The molecule has 1 aliphatic heterocycles. The molecule has 1 aliphatic rings. The van der Waals surface area contributed by atoms with Gasteiger partial charge in [-0.2, -0.15) is 9.61 Å². The average molecular weight is 499 g/mol. The van der Waals surface area contributed by atoms with Gasteiger partial charge in [0.1, 0.15) is 23.8 Å². The first-order valence-electron chi connectivity index (χ1n) is 11.6. The van der Waals surface area contributed by atoms with Crippen LogP contribution in [-0.2, 0) is 0 Å². The number of amides is 1. The van der Waals surface area contributed by atoms with Crippen molar-refractivity contribution in [3.63, 3.8) is 0 Å². The zero-order valence-electron chi connectivity index (χ0n) is 20.0. The molecule has 0 saturated carbocycles. The Morgan fingerprint density at radius 2 is 1.81 bits per heavy atom. The van der Waals surface area contributed by atoms with Crippen molar-refractivity contribution >= 4 is 28.4 Å². The fourth-order valence-corrected chi connectivity index (χ4v) is 4.45. The predicted octanol–water partition coefficient (Wildman–Crippen LogP) is 3.62. The number of fused-ring (bicyclic) bond motifs is 3. The molecule has 1 saturated heterocycles. The minimum absolute atomic E-state index is 0.0767. The van der Waals surface area contributed by atoms with E-state index in [1.807, 2.05) is 7.05 Å². The third kappa shape index (κ3) is 4.21. The van der Waals surface area contributed by atoms with Crippen LogP contribution in [0.4, 0.5) is 19.0 Å². The summed E-state index contributed by atoms with van der Waals surface area (Å²) < 4.78 is 42.8. The Kier molecular flexibility index (Phi) is 6.20. The molecule has 5 rings (SSSR count). The van der Waals surface area contributed by atoms with Gasteiger partial charge in [0.2, 0.25) is 0 Å². The van der Waals surface area contributed by atoms with E-state index in [9.17, 15) is 18.0 Å². The number of nitrogens with zero attached hydrogens (tertiary/aromatic N) is 7. The van der Waals surface area contributed by atoms with Gasteiger partial charge in [0.05, 0.1) is 22.6 Å². The molecule has 0 radical (unpaired) electrons. The van der Waals surface area contributed by atoms with E-state index in [-0.39, 0.29) is 11.5 Å². The summed E-state index contributed by atoms with van der Waals surface area (Å²) in [6, 6.07) is 4.88. The number of aryl methyl sites for hydroxylation is 1. The van der Waals surface area contributed by atoms with Crippen LogP contribution in [0, 0.1) is 12.7 Å². The van der Waals surface area contributed by atoms with Crippen LogP contribution in [0.1, 0.15) is 46.7 Å². The summed E-state index contributed by atoms with van der Waals surface area (Å²) in [5, 5.41) is 7.89. The molecule has 4 aromatic rings. The molecule has 0 unspecified atom stereocenters. The molecule has 0 aliphatic carbocycles. The Labute approximate surface area is 205 Å². The first-order chi connectivity index (χ1) is 17.2. The van der Waals surface area contributed by atoms with Gasteiger partial charge in [-0.25, -0.2) is 28.1 Å². The summed E-state index contributed by atoms with van der Waals surface area (Å²) in [5.74, 6) is -0.406. The highest BCUT2D eigenvalue weighted by Gasteiger charge is 2.26. The standard InChI is InChI=1S/C24H25F3N8O/c1-13(15-5-4-6-16(19(15)25)20(26)27)30-21-17-11-18(24(36)34-9-7-33(3)8-10-34)22-28-12-29-35(22)23(17)32-14(2)31-21/h4-6,11-13,20H,7-10H2,1-3H3,(H,30,31,32)/t13-/m1/s1. The van der Waals surface area contributed by atoms with Crippen molar-refractivity contribution in [3.05, 3.63) is 58.9 Å². The van der Waals surface area contributed by atoms with Gasteiger partial charge in [0.15, 0.2) is 11.3 Å². The molecule has 9 nitrogen and oxygen atoms in total. The molecule has 0 bridgehead atoms. The zero-order valence-corrected chi connectivity index (χ0v) is 20.0. The van der Waals surface area contributed by atoms with Gasteiger partial charge < -0.3 is 15.1 Å². The smallest absolute Gasteiger partial charge is 0.266 e. The van der Waals surface area contributed by atoms with Crippen molar-refractivity contribution in [2.24, 2.45) is 0 Å². The van der Waals surface area contributed by atoms with Gasteiger partial charge in [-0.3, -0.25) is 4.79 Å². The lowest BCUT2D eigenvalue weighted by Crippen LogP contribution is -2.47. The molecule has 1 fully saturated rings. The molecular weight excluding hydrogens is 473 g/mol. The maximum Gasteiger partial charge on any atom is 0.266 e. The minimum Gasteiger partial charge on any atom is -0.363 e. The van der Waals surface area contributed by atoms with E-state index >= 15 is 0 Å². The number of halogens is 3. The average Bonchev–Trinajstić information content (AvgIpc) is 3.34. The van der Waals surface area contributed by atoms with Crippen molar-refractivity contribution in [1.29, 1.82) is 0 Å². The van der Waals surface area contributed by atoms with Gasteiger partial charge in [-0.1, -0.05) is 18.2 Å². The van der Waals surface area contributed by atoms with E-state index < -0.39 is 23.8 Å². The number of likely N-dealkylation sites (N-methyl/N-ethyl adjacent to an activating group) is 1. The number of benzene rings is 1. The first-order valence-corrected chi connectivity index (χ1v) is 11.6. The largest absolute Gasteiger partial charge is 0.363 e. The Hall–Kier alpha value is -3.80. The third-order valence-electron chi connectivity index (χ3n) is 6.45. The van der Waals surface area contributed by atoms with E-state index in [2.05, 4.69) is 30.3 Å². The molecule has 4 heterocycles. The number of carbonyl (C=O) groups is 1. The highest BCUT2D eigenvalue weighted by molar-refractivity contribution is 6.04. The number of piperazine rings is 1. The van der Waals surface area contributed by atoms with Crippen molar-refractivity contribution in [3.8, 4) is 0 Å². The van der Waals surface area contributed by atoms with Crippen molar-refractivity contribution in [1.82, 2.24) is 34.4 Å². The number of nitrogens with one attached hydrogen (secondary N) is 1. The summed E-state index contributed by atoms with van der Waals surface area (Å²) in [4.78, 5) is 30.7. The van der Waals surface area contributed by atoms with Crippen LogP contribution in [0.15, 0.2) is 30.6 Å². The van der Waals surface area contributed by atoms with Crippen LogP contribution < -0.4 is 5.32 Å². The molecule has 12 heteroatoms. The maximum atomic E-state index is 14.8. The van der Waals surface area contributed by atoms with Crippen LogP contribution in [0.3, 0.4) is 0 Å². The minimum atomic E-state index is -2.93. The van der Waals surface area contributed by atoms with E-state index in [4.69, 9.17) is 0 Å². The van der Waals surface area contributed by atoms with Gasteiger partial charge >= 0.3 is 0 Å². The Morgan fingerprint density at radius 3 is 2.53 bits per heavy atom. The molecule has 1 amide bonds. The fraction of sp³-hybridized carbons (Fsp3) is 0.375. The van der Waals surface area contributed by atoms with Gasteiger partial charge in [0.25, 0.3) is 12.3 Å². The van der Waals surface area contributed by atoms with Gasteiger partial charge in [0, 0.05) is 31.7 Å². The lowest BCUT2D eigenvalue weighted by atomic mass is 10.0. The number of carbonyl (C=O) groups excluding carboxylic acids is 1. The summed E-state index contributed by atoms with van der Waals surface area (Å²) in [5.41, 5.74) is 0.557. The number of hydrogen-bond donors (Lipinski definition) is 1. The van der Waals surface area contributed by atoms with Crippen LogP contribution >= 0.6 is 0 Å². The van der Waals surface area contributed by atoms with Crippen molar-refractivity contribution in [2.45, 2.75) is 26.3 Å². The quantitative estimate of drug-likeness (QED) is 0.449. The SMILES string of the molecule is Cc1nc(N[C@H](C)c2cccc(C(F)F)c2F)c2cc(C(=O)N3CCN(C)CC3)c3ncnn3c2n1. The Bertz CT molecular complexity index is 1450. The fourth-order valence-electron chi connectivity index (χ4n) is 4.45. The third-order valence-corrected chi connectivity index (χ3v) is 6.45. The Balaban J connectivity index is 1.59. The normalized spacial score (nSPS) is 15.7. The number of rotatable bonds is 5. The van der Waals surface area contributed by atoms with Crippen LogP contribution in [0.5, 0.6) is 0 Å². The second kappa shape index (κ2) is 9.34. The first kappa shape index (κ1) is 23.9. The highest BCUT2D eigenvalue weighted by atomic mass is 19.3. The van der Waals surface area contributed by atoms with Crippen LogP contribution in [0.2, 0.25) is 0 Å². The number of hydrogen-bond acceptors (Lipinski definition) is 7. The van der Waals surface area contributed by atoms with Crippen molar-refractivity contribution < 1.29 is 18.0 Å². The second-order valence-electron chi connectivity index (χ2n) is 8.92. The van der Waals surface area contributed by atoms with Crippen molar-refractivity contribution in [2.75, 3.05) is 38.5 Å². The lowest BCUT2D eigenvalue weighted by molar-refractivity contribution is 0.0665. The van der Waals surface area contributed by atoms with E-state index in [1.54, 1.807) is 24.8 Å². The molecule has 3 aromatic heterocycles. The molecule has 188 valence electrons. The lowest BCUT2D eigenvalue weighted by Gasteiger charge is -2.32. The van der Waals surface area contributed by atoms with Crippen LogP contribution in [0.25, 0.3) is 16.7 Å². The summed E-state index contributed by atoms with van der Waals surface area (Å²) >= 11 is 0. The monoisotopic (exact) mass is 498 g/mol. The second-order valence-corrected chi connectivity index (χ2v) is 8.92. The summed E-state index contributed by atoms with van der Waals surface area (Å²) in [6.45, 7) is 6.04. The maximum absolute atomic E-state index is 14.8. The summed E-state index contributed by atoms with van der Waals surface area (Å²) in [6.07, 6.45) is -1.57. The number of pyridine rings is 1. The molecule has 1 N–H and O–H groups in total. The van der Waals surface area contributed by atoms with E-state index in [0.717, 1.165) is 19.2 Å². The molecule has 1 atom stereocenters. The topological polar surface area (TPSA) is 91.5 Å². The highest BCUT2D eigenvalue weighted by Crippen LogP contribution is 2.31.